The van der Waals surface area contributed by atoms with Crippen LogP contribution in [0.5, 0.6) is 11.5 Å². The molecule has 0 spiro atoms. The summed E-state index contributed by atoms with van der Waals surface area (Å²) in [6, 6.07) is 5.48. The maximum atomic E-state index is 12.3. The Morgan fingerprint density at radius 1 is 1.14 bits per heavy atom. The van der Waals surface area contributed by atoms with E-state index < -0.39 is 0 Å². The van der Waals surface area contributed by atoms with Crippen LogP contribution in [0, 0.1) is 0 Å². The number of methoxy groups -OCH3 is 2. The van der Waals surface area contributed by atoms with E-state index in [-0.39, 0.29) is 36.0 Å². The molecule has 0 bridgehead atoms. The minimum absolute atomic E-state index is 0.0444. The smallest absolute Gasteiger partial charge is 0.273 e. The number of ether oxygens (including phenoxy) is 2. The second-order valence-corrected chi connectivity index (χ2v) is 6.92. The molecule has 0 aliphatic heterocycles. The van der Waals surface area contributed by atoms with Crippen LogP contribution in [0.3, 0.4) is 0 Å². The number of benzene rings is 1. The molecule has 8 nitrogen and oxygen atoms in total. The molecule has 0 atom stereocenters. The molecule has 1 aliphatic carbocycles. The van der Waals surface area contributed by atoms with Crippen molar-refractivity contribution in [2.24, 2.45) is 0 Å². The molecule has 8 heteroatoms. The lowest BCUT2D eigenvalue weighted by atomic mass is 9.95. The van der Waals surface area contributed by atoms with Crippen molar-refractivity contribution in [3.05, 3.63) is 34.2 Å². The highest BCUT2D eigenvalue weighted by Crippen LogP contribution is 2.30. The van der Waals surface area contributed by atoms with Gasteiger partial charge in [-0.15, -0.1) is 10.2 Å². The van der Waals surface area contributed by atoms with Crippen LogP contribution in [-0.2, 0) is 11.2 Å². The van der Waals surface area contributed by atoms with Crippen LogP contribution in [0.1, 0.15) is 44.2 Å². The van der Waals surface area contributed by atoms with Crippen molar-refractivity contribution < 1.29 is 14.3 Å². The molecular formula is C20H26N4O4. The van der Waals surface area contributed by atoms with Gasteiger partial charge in [0.05, 0.1) is 14.2 Å². The minimum atomic E-state index is -0.342. The fraction of sp³-hybridized carbons (Fsp3) is 0.500. The van der Waals surface area contributed by atoms with Crippen molar-refractivity contribution in [2.75, 3.05) is 14.2 Å². The Balaban J connectivity index is 1.64. The highest BCUT2D eigenvalue weighted by molar-refractivity contribution is 5.76. The van der Waals surface area contributed by atoms with Crippen LogP contribution in [0.2, 0.25) is 0 Å². The van der Waals surface area contributed by atoms with Crippen molar-refractivity contribution in [3.63, 3.8) is 0 Å². The number of nitrogens with one attached hydrogen (secondary N) is 2. The topological polar surface area (TPSA) is 106 Å². The number of aromatic amines is 1. The number of rotatable bonds is 7. The van der Waals surface area contributed by atoms with Gasteiger partial charge in [-0.2, -0.15) is 0 Å². The van der Waals surface area contributed by atoms with Crippen LogP contribution in [0.15, 0.2) is 23.0 Å². The Morgan fingerprint density at radius 3 is 2.57 bits per heavy atom. The minimum Gasteiger partial charge on any atom is -0.493 e. The van der Waals surface area contributed by atoms with Gasteiger partial charge in [-0.25, -0.2) is 0 Å². The van der Waals surface area contributed by atoms with Crippen LogP contribution in [0.4, 0.5) is 0 Å². The van der Waals surface area contributed by atoms with Gasteiger partial charge in [-0.3, -0.25) is 9.59 Å². The van der Waals surface area contributed by atoms with Crippen molar-refractivity contribution >= 4 is 5.91 Å². The average molecular weight is 386 g/mol. The van der Waals surface area contributed by atoms with Crippen LogP contribution < -0.4 is 20.3 Å². The highest BCUT2D eigenvalue weighted by Gasteiger charge is 2.16. The molecule has 1 aliphatic rings. The molecule has 0 saturated heterocycles. The summed E-state index contributed by atoms with van der Waals surface area (Å²) < 4.78 is 10.5. The second kappa shape index (κ2) is 9.34. The lowest BCUT2D eigenvalue weighted by Gasteiger charge is -2.22. The van der Waals surface area contributed by atoms with Gasteiger partial charge in [0.2, 0.25) is 5.91 Å². The van der Waals surface area contributed by atoms with Crippen molar-refractivity contribution in [3.8, 4) is 22.9 Å². The van der Waals surface area contributed by atoms with Crippen molar-refractivity contribution in [2.45, 2.75) is 51.0 Å². The fourth-order valence-electron chi connectivity index (χ4n) is 3.42. The molecule has 28 heavy (non-hydrogen) atoms. The zero-order chi connectivity index (χ0) is 19.9. The molecule has 0 unspecified atom stereocenters. The summed E-state index contributed by atoms with van der Waals surface area (Å²) >= 11 is 0. The second-order valence-electron chi connectivity index (χ2n) is 6.92. The van der Waals surface area contributed by atoms with Gasteiger partial charge >= 0.3 is 0 Å². The number of aryl methyl sites for hydroxylation is 1. The molecule has 1 heterocycles. The maximum Gasteiger partial charge on any atom is 0.273 e. The number of hydrogen-bond donors (Lipinski definition) is 2. The summed E-state index contributed by atoms with van der Waals surface area (Å²) in [6.45, 7) is 0. The quantitative estimate of drug-likeness (QED) is 0.756. The van der Waals surface area contributed by atoms with Crippen LogP contribution >= 0.6 is 0 Å². The third-order valence-corrected chi connectivity index (χ3v) is 4.98. The first kappa shape index (κ1) is 19.9. The lowest BCUT2D eigenvalue weighted by Crippen LogP contribution is -2.36. The summed E-state index contributed by atoms with van der Waals surface area (Å²) in [5, 5.41) is 11.2. The van der Waals surface area contributed by atoms with E-state index in [0.29, 0.717) is 22.9 Å². The van der Waals surface area contributed by atoms with E-state index >= 15 is 0 Å². The molecular weight excluding hydrogens is 360 g/mol. The molecule has 2 aromatic rings. The van der Waals surface area contributed by atoms with E-state index in [4.69, 9.17) is 9.47 Å². The summed E-state index contributed by atoms with van der Waals surface area (Å²) in [5.41, 5.74) is 0.567. The molecule has 1 amide bonds. The number of amides is 1. The van der Waals surface area contributed by atoms with Crippen molar-refractivity contribution in [1.29, 1.82) is 0 Å². The molecule has 1 saturated carbocycles. The van der Waals surface area contributed by atoms with E-state index in [1.165, 1.54) is 13.5 Å². The Kier molecular flexibility index (Phi) is 6.62. The SMILES string of the molecule is COc1ccc(-c2nnc(CCC(=O)NC3CCCCC3)c(=O)[nH]2)cc1OC. The first-order valence-electron chi connectivity index (χ1n) is 9.58. The first-order valence-corrected chi connectivity index (χ1v) is 9.58. The van der Waals surface area contributed by atoms with E-state index in [9.17, 15) is 9.59 Å². The summed E-state index contributed by atoms with van der Waals surface area (Å²) in [6.07, 6.45) is 6.11. The predicted molar refractivity (Wildman–Crippen MR) is 105 cm³/mol. The van der Waals surface area contributed by atoms with E-state index in [2.05, 4.69) is 20.5 Å². The largest absolute Gasteiger partial charge is 0.493 e. The lowest BCUT2D eigenvalue weighted by molar-refractivity contribution is -0.122. The standard InChI is InChI=1S/C20H26N4O4/c1-27-16-10-8-13(12-17(16)28-2)19-22-20(26)15(23-24-19)9-11-18(25)21-14-6-4-3-5-7-14/h8,10,12,14H,3-7,9,11H2,1-2H3,(H,21,25)(H,22,24,26). The van der Waals surface area contributed by atoms with Crippen LogP contribution in [0.25, 0.3) is 11.4 Å². The van der Waals surface area contributed by atoms with Gasteiger partial charge < -0.3 is 19.8 Å². The zero-order valence-electron chi connectivity index (χ0n) is 16.3. The van der Waals surface area contributed by atoms with Gasteiger partial charge in [0.15, 0.2) is 17.3 Å². The van der Waals surface area contributed by atoms with Gasteiger partial charge in [0.25, 0.3) is 5.56 Å². The Morgan fingerprint density at radius 2 is 1.89 bits per heavy atom. The van der Waals surface area contributed by atoms with Crippen molar-refractivity contribution in [1.82, 2.24) is 20.5 Å². The van der Waals surface area contributed by atoms with E-state index in [1.54, 1.807) is 25.3 Å². The first-order chi connectivity index (χ1) is 13.6. The van der Waals surface area contributed by atoms with Gasteiger partial charge in [-0.05, 0) is 31.0 Å². The number of carbonyl (C=O) groups is 1. The highest BCUT2D eigenvalue weighted by atomic mass is 16.5. The van der Waals surface area contributed by atoms with E-state index in [0.717, 1.165) is 25.7 Å². The molecule has 0 radical (unpaired) electrons. The number of nitrogens with zero attached hydrogens (tertiary/aromatic N) is 2. The van der Waals surface area contributed by atoms with Gasteiger partial charge in [-0.1, -0.05) is 19.3 Å². The normalized spacial score (nSPS) is 14.5. The summed E-state index contributed by atoms with van der Waals surface area (Å²) in [5.74, 6) is 1.41. The third-order valence-electron chi connectivity index (χ3n) is 4.98. The molecule has 150 valence electrons. The third kappa shape index (κ3) is 4.88. The number of hydrogen-bond acceptors (Lipinski definition) is 6. The molecule has 1 fully saturated rings. The molecule has 2 N–H and O–H groups in total. The molecule has 1 aromatic carbocycles. The number of carbonyl (C=O) groups excluding carboxylic acids is 1. The number of H-pyrrole nitrogens is 1. The monoisotopic (exact) mass is 386 g/mol. The average Bonchev–Trinajstić information content (AvgIpc) is 2.73. The Bertz CT molecular complexity index is 875. The molecule has 3 rings (SSSR count). The number of aromatic nitrogens is 3. The Labute approximate surface area is 163 Å². The fourth-order valence-corrected chi connectivity index (χ4v) is 3.42. The van der Waals surface area contributed by atoms with Crippen LogP contribution in [-0.4, -0.2) is 41.3 Å². The van der Waals surface area contributed by atoms with Gasteiger partial charge in [0.1, 0.15) is 5.69 Å². The zero-order valence-corrected chi connectivity index (χ0v) is 16.3. The Hall–Kier alpha value is -2.90. The summed E-state index contributed by atoms with van der Waals surface area (Å²) in [7, 11) is 3.09. The summed E-state index contributed by atoms with van der Waals surface area (Å²) in [4.78, 5) is 27.2. The molecule has 1 aromatic heterocycles. The van der Waals surface area contributed by atoms with Gasteiger partial charge in [0, 0.05) is 24.4 Å². The predicted octanol–water partition coefficient (Wildman–Crippen LogP) is 2.23. The maximum absolute atomic E-state index is 12.3. The van der Waals surface area contributed by atoms with E-state index in [1.807, 2.05) is 0 Å².